The molecule has 0 amide bonds. The number of carbonyl (C=O) groups is 1. The summed E-state index contributed by atoms with van der Waals surface area (Å²) in [4.78, 5) is 17.7. The number of carbonyl (C=O) groups excluding carboxylic acids is 1. The molecule has 0 bridgehead atoms. The minimum absolute atomic E-state index is 0.127. The second-order valence-electron chi connectivity index (χ2n) is 7.08. The van der Waals surface area contributed by atoms with Crippen molar-refractivity contribution < 1.29 is 22.5 Å². The molecule has 1 saturated heterocycles. The minimum Gasteiger partial charge on any atom is -0.466 e. The average Bonchev–Trinajstić information content (AvgIpc) is 3.23. The second kappa shape index (κ2) is 12.5. The van der Waals surface area contributed by atoms with Crippen molar-refractivity contribution in [3.8, 4) is 0 Å². The molecule has 1 aromatic rings. The summed E-state index contributed by atoms with van der Waals surface area (Å²) in [7, 11) is -1.68. The predicted octanol–water partition coefficient (Wildman–Crippen LogP) is 1.21. The lowest BCUT2D eigenvalue weighted by atomic mass is 10.1. The number of aliphatic imine (C=N–C) groups is 1. The van der Waals surface area contributed by atoms with Crippen molar-refractivity contribution in [2.24, 2.45) is 4.99 Å². The van der Waals surface area contributed by atoms with Crippen LogP contribution in [0.4, 0.5) is 0 Å². The van der Waals surface area contributed by atoms with E-state index in [1.165, 1.54) is 10.6 Å². The van der Waals surface area contributed by atoms with Crippen molar-refractivity contribution in [2.75, 3.05) is 46.4 Å². The molecule has 2 heterocycles. The topological polar surface area (TPSA) is 117 Å². The van der Waals surface area contributed by atoms with E-state index in [1.807, 2.05) is 6.92 Å². The van der Waals surface area contributed by atoms with Crippen LogP contribution in [0, 0.1) is 0 Å². The number of ether oxygens (including phenoxy) is 1. The van der Waals surface area contributed by atoms with E-state index < -0.39 is 10.0 Å². The van der Waals surface area contributed by atoms with Crippen molar-refractivity contribution in [1.29, 1.82) is 0 Å². The monoisotopic (exact) mass is 443 g/mol. The summed E-state index contributed by atoms with van der Waals surface area (Å²) in [5, 5.41) is 7.03. The maximum Gasteiger partial charge on any atom is 0.305 e. The number of hydrogen-bond donors (Lipinski definition) is 1. The molecule has 10 nitrogen and oxygen atoms in total. The molecule has 1 aliphatic rings. The summed E-state index contributed by atoms with van der Waals surface area (Å²) < 4.78 is 36.2. The molecule has 1 N–H and O–H groups in total. The zero-order valence-electron chi connectivity index (χ0n) is 17.9. The normalized spacial score (nSPS) is 15.9. The Balaban J connectivity index is 1.64. The van der Waals surface area contributed by atoms with Gasteiger partial charge in [0.05, 0.1) is 12.3 Å². The van der Waals surface area contributed by atoms with Crippen LogP contribution in [0.25, 0.3) is 0 Å². The zero-order chi connectivity index (χ0) is 21.8. The smallest absolute Gasteiger partial charge is 0.305 e. The van der Waals surface area contributed by atoms with Crippen molar-refractivity contribution in [3.63, 3.8) is 0 Å². The van der Waals surface area contributed by atoms with Gasteiger partial charge < -0.3 is 19.5 Å². The van der Waals surface area contributed by atoms with Crippen LogP contribution in [0.3, 0.4) is 0 Å². The molecule has 1 fully saturated rings. The fourth-order valence-corrected chi connectivity index (χ4v) is 4.71. The van der Waals surface area contributed by atoms with Crippen LogP contribution in [-0.4, -0.2) is 81.1 Å². The molecule has 0 atom stereocenters. The molecule has 1 aliphatic heterocycles. The Kier molecular flexibility index (Phi) is 10.1. The van der Waals surface area contributed by atoms with Gasteiger partial charge in [0, 0.05) is 52.3 Å². The third-order valence-electron chi connectivity index (χ3n) is 4.86. The van der Waals surface area contributed by atoms with Crippen LogP contribution in [0.1, 0.15) is 44.7 Å². The number of sulfonamides is 1. The van der Waals surface area contributed by atoms with Gasteiger partial charge in [-0.25, -0.2) is 8.42 Å². The summed E-state index contributed by atoms with van der Waals surface area (Å²) >= 11 is 0. The lowest BCUT2D eigenvalue weighted by Crippen LogP contribution is -2.54. The van der Waals surface area contributed by atoms with Gasteiger partial charge in [-0.05, 0) is 19.8 Å². The number of aromatic nitrogens is 1. The summed E-state index contributed by atoms with van der Waals surface area (Å²) in [6.07, 6.45) is 5.69. The molecule has 170 valence electrons. The van der Waals surface area contributed by atoms with E-state index >= 15 is 0 Å². The Morgan fingerprint density at radius 3 is 2.60 bits per heavy atom. The highest BCUT2D eigenvalue weighted by Gasteiger charge is 2.28. The van der Waals surface area contributed by atoms with Gasteiger partial charge in [0.1, 0.15) is 12.0 Å². The van der Waals surface area contributed by atoms with E-state index in [0.29, 0.717) is 44.9 Å². The first-order chi connectivity index (χ1) is 14.5. The van der Waals surface area contributed by atoms with Crippen LogP contribution < -0.4 is 5.32 Å². The number of piperazine rings is 1. The van der Waals surface area contributed by atoms with Crippen LogP contribution in [-0.2, 0) is 25.3 Å². The first kappa shape index (κ1) is 24.1. The Labute approximate surface area is 178 Å². The molecule has 11 heteroatoms. The van der Waals surface area contributed by atoms with Crippen LogP contribution in [0.2, 0.25) is 0 Å². The summed E-state index contributed by atoms with van der Waals surface area (Å²) in [5.41, 5.74) is 0.414. The van der Waals surface area contributed by atoms with Gasteiger partial charge in [-0.1, -0.05) is 18.0 Å². The molecule has 30 heavy (non-hydrogen) atoms. The molecule has 0 unspecified atom stereocenters. The van der Waals surface area contributed by atoms with Gasteiger partial charge in [-0.3, -0.25) is 9.79 Å². The standard InChI is InChI=1S/C19H33N5O5S/c1-3-28-18(25)8-6-4-5-7-10-21-19(20-2)23-11-13-24(14-12-23)30(26,27)16-17-9-15-29-22-17/h9,15H,3-8,10-14,16H2,1-2H3,(H,20,21). The zero-order valence-corrected chi connectivity index (χ0v) is 18.7. The first-order valence-electron chi connectivity index (χ1n) is 10.4. The summed E-state index contributed by atoms with van der Waals surface area (Å²) in [6.45, 7) is 5.02. The third kappa shape index (κ3) is 7.94. The summed E-state index contributed by atoms with van der Waals surface area (Å²) in [6, 6.07) is 1.57. The van der Waals surface area contributed by atoms with Crippen LogP contribution in [0.15, 0.2) is 21.8 Å². The predicted molar refractivity (Wildman–Crippen MR) is 113 cm³/mol. The number of nitrogens with zero attached hydrogens (tertiary/aromatic N) is 4. The highest BCUT2D eigenvalue weighted by molar-refractivity contribution is 7.88. The van der Waals surface area contributed by atoms with Gasteiger partial charge in [0.2, 0.25) is 10.0 Å². The van der Waals surface area contributed by atoms with Crippen molar-refractivity contribution in [1.82, 2.24) is 19.7 Å². The number of hydrogen-bond acceptors (Lipinski definition) is 7. The third-order valence-corrected chi connectivity index (χ3v) is 6.67. The molecular weight excluding hydrogens is 410 g/mol. The molecular formula is C19H33N5O5S. The molecule has 0 aliphatic carbocycles. The maximum absolute atomic E-state index is 12.5. The van der Waals surface area contributed by atoms with Crippen LogP contribution >= 0.6 is 0 Å². The Hall–Kier alpha value is -2.14. The van der Waals surface area contributed by atoms with Gasteiger partial charge in [0.25, 0.3) is 0 Å². The largest absolute Gasteiger partial charge is 0.466 e. The Morgan fingerprint density at radius 2 is 1.97 bits per heavy atom. The van der Waals surface area contributed by atoms with Gasteiger partial charge in [0.15, 0.2) is 5.96 Å². The number of esters is 1. The minimum atomic E-state index is -3.41. The fourth-order valence-electron chi connectivity index (χ4n) is 3.28. The quantitative estimate of drug-likeness (QED) is 0.235. The van der Waals surface area contributed by atoms with Crippen molar-refractivity contribution >= 4 is 22.0 Å². The van der Waals surface area contributed by atoms with Gasteiger partial charge in [-0.2, -0.15) is 4.31 Å². The molecule has 0 aromatic carbocycles. The van der Waals surface area contributed by atoms with Gasteiger partial charge >= 0.3 is 5.97 Å². The number of unbranched alkanes of at least 4 members (excludes halogenated alkanes) is 3. The number of guanidine groups is 1. The van der Waals surface area contributed by atoms with Crippen molar-refractivity contribution in [2.45, 2.75) is 44.8 Å². The van der Waals surface area contributed by atoms with E-state index in [2.05, 4.69) is 20.4 Å². The Morgan fingerprint density at radius 1 is 1.23 bits per heavy atom. The molecule has 0 radical (unpaired) electrons. The second-order valence-corrected chi connectivity index (χ2v) is 9.05. The lowest BCUT2D eigenvalue weighted by Gasteiger charge is -2.35. The highest BCUT2D eigenvalue weighted by atomic mass is 32.2. The molecule has 0 saturated carbocycles. The average molecular weight is 444 g/mol. The van der Waals surface area contributed by atoms with E-state index in [1.54, 1.807) is 13.1 Å². The SMILES string of the molecule is CCOC(=O)CCCCCCNC(=NC)N1CCN(S(=O)(=O)Cc2ccon2)CC1. The van der Waals surface area contributed by atoms with E-state index in [9.17, 15) is 13.2 Å². The van der Waals surface area contributed by atoms with Crippen LogP contribution in [0.5, 0.6) is 0 Å². The molecule has 1 aromatic heterocycles. The summed E-state index contributed by atoms with van der Waals surface area (Å²) in [5.74, 6) is 0.514. The van der Waals surface area contributed by atoms with E-state index in [-0.39, 0.29) is 11.7 Å². The lowest BCUT2D eigenvalue weighted by molar-refractivity contribution is -0.143. The van der Waals surface area contributed by atoms with Gasteiger partial charge in [-0.15, -0.1) is 0 Å². The van der Waals surface area contributed by atoms with E-state index in [0.717, 1.165) is 38.2 Å². The highest BCUT2D eigenvalue weighted by Crippen LogP contribution is 2.13. The Bertz CT molecular complexity index is 758. The number of rotatable bonds is 11. The number of nitrogens with one attached hydrogen (secondary N) is 1. The fraction of sp³-hybridized carbons (Fsp3) is 0.737. The first-order valence-corrected chi connectivity index (χ1v) is 12.1. The molecule has 2 rings (SSSR count). The molecule has 0 spiro atoms. The maximum atomic E-state index is 12.5. The van der Waals surface area contributed by atoms with E-state index in [4.69, 9.17) is 9.26 Å². The van der Waals surface area contributed by atoms with Crippen molar-refractivity contribution in [3.05, 3.63) is 18.0 Å².